The van der Waals surface area contributed by atoms with Gasteiger partial charge in [-0.15, -0.1) is 0 Å². The Morgan fingerprint density at radius 2 is 1.60 bits per heavy atom. The topological polar surface area (TPSA) is 82.1 Å². The number of rotatable bonds is 13. The van der Waals surface area contributed by atoms with Crippen LogP contribution >= 0.6 is 0 Å². The molecule has 0 aliphatic heterocycles. The normalized spacial score (nSPS) is 12.9. The molecule has 0 aliphatic carbocycles. The van der Waals surface area contributed by atoms with E-state index in [2.05, 4.69) is 6.92 Å². The van der Waals surface area contributed by atoms with Crippen LogP contribution in [0.5, 0.6) is 0 Å². The van der Waals surface area contributed by atoms with E-state index in [-0.39, 0.29) is 42.8 Å². The third-order valence-corrected chi connectivity index (χ3v) is 3.32. The molecular weight excluding hydrogens is 295 g/mol. The molecule has 0 rings (SSSR count). The summed E-state index contributed by atoms with van der Waals surface area (Å²) in [5, 5.41) is 0. The molecule has 0 radical (unpaired) electrons. The maximum absolute atomic E-state index is 10.4. The van der Waals surface area contributed by atoms with Gasteiger partial charge in [0.1, 0.15) is 0 Å². The molecule has 0 saturated carbocycles. The fraction of sp³-hybridized carbons (Fsp3) is 1.00. The van der Waals surface area contributed by atoms with Gasteiger partial charge in [-0.2, -0.15) is 8.42 Å². The Kier molecular flexibility index (Phi) is 17.0. The third kappa shape index (κ3) is 18.8. The molecule has 118 valence electrons. The molecule has 6 nitrogen and oxygen atoms in total. The second kappa shape index (κ2) is 14.7. The minimum atomic E-state index is -3.84. The van der Waals surface area contributed by atoms with Crippen molar-refractivity contribution < 1.29 is 58.2 Å². The zero-order chi connectivity index (χ0) is 14.6. The molecule has 0 aromatic heterocycles. The molecule has 0 saturated heterocycles. The van der Waals surface area contributed by atoms with Crippen LogP contribution in [-0.4, -0.2) is 57.9 Å². The molecule has 0 aromatic rings. The summed E-state index contributed by atoms with van der Waals surface area (Å²) < 4.78 is 45.3. The summed E-state index contributed by atoms with van der Waals surface area (Å²) in [7, 11) is -3.84. The van der Waals surface area contributed by atoms with E-state index in [0.717, 1.165) is 6.42 Å². The van der Waals surface area contributed by atoms with E-state index >= 15 is 0 Å². The summed E-state index contributed by atoms with van der Waals surface area (Å²) in [6.45, 7) is 6.69. The molecule has 1 atom stereocenters. The van der Waals surface area contributed by atoms with E-state index in [0.29, 0.717) is 45.9 Å². The van der Waals surface area contributed by atoms with Crippen LogP contribution in [-0.2, 0) is 24.3 Å². The maximum atomic E-state index is 10.4. The smallest absolute Gasteiger partial charge is 1.00 e. The summed E-state index contributed by atoms with van der Waals surface area (Å²) in [6, 6.07) is 0. The van der Waals surface area contributed by atoms with Crippen molar-refractivity contribution in [2.75, 3.05) is 38.8 Å². The quantitative estimate of drug-likeness (QED) is 0.256. The van der Waals surface area contributed by atoms with Crippen molar-refractivity contribution in [3.63, 3.8) is 0 Å². The first-order valence-corrected chi connectivity index (χ1v) is 8.29. The van der Waals surface area contributed by atoms with Gasteiger partial charge in [0.15, 0.2) is 0 Å². The van der Waals surface area contributed by atoms with Crippen LogP contribution in [0.4, 0.5) is 0 Å². The third-order valence-electron chi connectivity index (χ3n) is 2.52. The monoisotopic (exact) mass is 322 g/mol. The van der Waals surface area contributed by atoms with Gasteiger partial charge in [0.2, 0.25) is 0 Å². The Hall–Kier alpha value is 0.790. The van der Waals surface area contributed by atoms with E-state index in [1.54, 1.807) is 0 Å². The van der Waals surface area contributed by atoms with Gasteiger partial charge in [-0.05, 0) is 26.2 Å². The number of hydrogen-bond acceptors (Lipinski definition) is 5. The van der Waals surface area contributed by atoms with E-state index in [1.165, 1.54) is 0 Å². The largest absolute Gasteiger partial charge is 1.00 e. The van der Waals surface area contributed by atoms with E-state index < -0.39 is 10.1 Å². The van der Waals surface area contributed by atoms with Gasteiger partial charge < -0.3 is 15.6 Å². The molecule has 0 aliphatic rings. The van der Waals surface area contributed by atoms with Crippen LogP contribution in [0, 0.1) is 0 Å². The average molecular weight is 322 g/mol. The minimum Gasteiger partial charge on any atom is -1.00 e. The van der Waals surface area contributed by atoms with Crippen molar-refractivity contribution in [1.29, 1.82) is 0 Å². The standard InChI is InChI=1S/C12H26O6S.Na.H/c1-3-12(2)18-10-9-17-8-7-16-6-4-5-11-19(13,14)15;;/h12H,3-11H2,1-2H3,(H,13,14,15);;/q;+1;-1. The van der Waals surface area contributed by atoms with E-state index in [4.69, 9.17) is 18.8 Å². The van der Waals surface area contributed by atoms with E-state index in [9.17, 15) is 8.42 Å². The summed E-state index contributed by atoms with van der Waals surface area (Å²) in [5.41, 5.74) is 0. The van der Waals surface area contributed by atoms with Crippen LogP contribution in [0.3, 0.4) is 0 Å². The van der Waals surface area contributed by atoms with Crippen LogP contribution in [0.25, 0.3) is 0 Å². The van der Waals surface area contributed by atoms with Gasteiger partial charge >= 0.3 is 29.6 Å². The first kappa shape index (κ1) is 23.1. The Labute approximate surface area is 146 Å². The van der Waals surface area contributed by atoms with Gasteiger partial charge in [-0.1, -0.05) is 6.92 Å². The number of hydrogen-bond donors (Lipinski definition) is 1. The van der Waals surface area contributed by atoms with Gasteiger partial charge in [-0.25, -0.2) is 0 Å². The van der Waals surface area contributed by atoms with Gasteiger partial charge in [-0.3, -0.25) is 4.55 Å². The average Bonchev–Trinajstić information content (AvgIpc) is 2.34. The second-order valence-corrected chi connectivity index (χ2v) is 5.88. The first-order valence-electron chi connectivity index (χ1n) is 6.68. The first-order chi connectivity index (χ1) is 8.95. The SMILES string of the molecule is CCC(C)OCCOCCOCCCCS(=O)(=O)O.[H-].[Na+]. The molecule has 0 fully saturated rings. The Morgan fingerprint density at radius 1 is 1.05 bits per heavy atom. The summed E-state index contributed by atoms with van der Waals surface area (Å²) in [4.78, 5) is 0. The van der Waals surface area contributed by atoms with Crippen molar-refractivity contribution in [2.24, 2.45) is 0 Å². The molecule has 0 aromatic carbocycles. The van der Waals surface area contributed by atoms with E-state index in [1.807, 2.05) is 6.92 Å². The van der Waals surface area contributed by atoms with Gasteiger partial charge in [0.05, 0.1) is 38.3 Å². The molecule has 0 bridgehead atoms. The van der Waals surface area contributed by atoms with Crippen molar-refractivity contribution in [2.45, 2.75) is 39.2 Å². The predicted molar refractivity (Wildman–Crippen MR) is 74.1 cm³/mol. The molecular formula is C12H27NaO6S. The van der Waals surface area contributed by atoms with Crippen LogP contribution in [0.15, 0.2) is 0 Å². The summed E-state index contributed by atoms with van der Waals surface area (Å²) in [6.07, 6.45) is 2.27. The van der Waals surface area contributed by atoms with Crippen LogP contribution in [0.1, 0.15) is 34.5 Å². The van der Waals surface area contributed by atoms with Gasteiger partial charge in [0, 0.05) is 6.61 Å². The van der Waals surface area contributed by atoms with Crippen LogP contribution in [0.2, 0.25) is 0 Å². The van der Waals surface area contributed by atoms with Gasteiger partial charge in [0.25, 0.3) is 10.1 Å². The fourth-order valence-corrected chi connectivity index (χ4v) is 1.81. The van der Waals surface area contributed by atoms with Crippen molar-refractivity contribution >= 4 is 10.1 Å². The second-order valence-electron chi connectivity index (χ2n) is 4.31. The molecule has 0 amide bonds. The van der Waals surface area contributed by atoms with Crippen LogP contribution < -0.4 is 29.6 Å². The fourth-order valence-electron chi connectivity index (χ4n) is 1.24. The zero-order valence-electron chi connectivity index (χ0n) is 13.8. The van der Waals surface area contributed by atoms with Crippen molar-refractivity contribution in [1.82, 2.24) is 0 Å². The Morgan fingerprint density at radius 3 is 2.15 bits per heavy atom. The van der Waals surface area contributed by atoms with Crippen molar-refractivity contribution in [3.05, 3.63) is 0 Å². The molecule has 0 heterocycles. The molecule has 20 heavy (non-hydrogen) atoms. The molecule has 1 N–H and O–H groups in total. The molecule has 8 heteroatoms. The predicted octanol–water partition coefficient (Wildman–Crippen LogP) is -1.38. The Balaban J connectivity index is -0.00000162. The Bertz CT molecular complexity index is 302. The summed E-state index contributed by atoms with van der Waals surface area (Å²) >= 11 is 0. The number of unbranched alkanes of at least 4 members (excludes halogenated alkanes) is 1. The zero-order valence-corrected chi connectivity index (χ0v) is 15.7. The molecule has 0 spiro atoms. The van der Waals surface area contributed by atoms with Crippen molar-refractivity contribution in [3.8, 4) is 0 Å². The molecule has 1 unspecified atom stereocenters. The maximum Gasteiger partial charge on any atom is 1.00 e. The minimum absolute atomic E-state index is 0. The summed E-state index contributed by atoms with van der Waals surface area (Å²) in [5.74, 6) is -0.209. The number of ether oxygens (including phenoxy) is 3.